The van der Waals surface area contributed by atoms with Crippen molar-refractivity contribution in [3.63, 3.8) is 0 Å². The zero-order chi connectivity index (χ0) is 22.7. The van der Waals surface area contributed by atoms with E-state index in [2.05, 4.69) is 20.4 Å². The number of furan rings is 1. The molecule has 0 unspecified atom stereocenters. The number of nitrogens with zero attached hydrogens (tertiary/aromatic N) is 3. The van der Waals surface area contributed by atoms with Crippen molar-refractivity contribution in [2.75, 3.05) is 19.5 Å². The molecule has 0 bridgehead atoms. The van der Waals surface area contributed by atoms with Crippen LogP contribution < -0.4 is 20.3 Å². The number of nitrogens with one attached hydrogen (secondary N) is 2. The van der Waals surface area contributed by atoms with Crippen molar-refractivity contribution in [2.24, 2.45) is 0 Å². The minimum Gasteiger partial charge on any atom is -0.497 e. The van der Waals surface area contributed by atoms with Crippen LogP contribution in [0.4, 0.5) is 5.82 Å². The molecule has 2 N–H and O–H groups in total. The van der Waals surface area contributed by atoms with Crippen LogP contribution in [0.25, 0.3) is 17.4 Å². The lowest BCUT2D eigenvalue weighted by molar-refractivity contribution is 0.102. The lowest BCUT2D eigenvalue weighted by Crippen LogP contribution is -2.19. The predicted molar refractivity (Wildman–Crippen MR) is 117 cm³/mol. The van der Waals surface area contributed by atoms with E-state index in [0.29, 0.717) is 46.4 Å². The molecule has 4 aromatic rings. The number of amides is 1. The number of H-pyrrole nitrogens is 1. The van der Waals surface area contributed by atoms with Crippen LogP contribution in [0.1, 0.15) is 23.0 Å². The number of anilines is 1. The Kier molecular flexibility index (Phi) is 5.75. The number of rotatable bonds is 7. The number of aromatic amines is 1. The van der Waals surface area contributed by atoms with Crippen molar-refractivity contribution in [1.82, 2.24) is 19.7 Å². The van der Waals surface area contributed by atoms with E-state index in [1.54, 1.807) is 36.4 Å². The molecule has 4 rings (SSSR count). The summed E-state index contributed by atoms with van der Waals surface area (Å²) in [5.41, 5.74) is 1.04. The van der Waals surface area contributed by atoms with Crippen LogP contribution in [0.15, 0.2) is 57.9 Å². The zero-order valence-electron chi connectivity index (χ0n) is 17.7. The van der Waals surface area contributed by atoms with Gasteiger partial charge in [0.25, 0.3) is 11.5 Å². The summed E-state index contributed by atoms with van der Waals surface area (Å²) in [7, 11) is 3.01. The number of carbonyl (C=O) groups is 1. The van der Waals surface area contributed by atoms with E-state index in [0.717, 1.165) is 0 Å². The molecule has 1 aromatic carbocycles. The lowest BCUT2D eigenvalue weighted by Gasteiger charge is -2.10. The molecule has 0 aliphatic carbocycles. The molecule has 0 radical (unpaired) electrons. The van der Waals surface area contributed by atoms with Gasteiger partial charge in [-0.25, -0.2) is 4.98 Å². The molecule has 0 saturated heterocycles. The smallest absolute Gasteiger partial charge is 0.257 e. The summed E-state index contributed by atoms with van der Waals surface area (Å²) in [5, 5.41) is 7.29. The fourth-order valence-electron chi connectivity index (χ4n) is 3.08. The molecule has 0 fully saturated rings. The van der Waals surface area contributed by atoms with Crippen LogP contribution in [0.3, 0.4) is 0 Å². The number of hydrogen-bond donors (Lipinski definition) is 2. The summed E-state index contributed by atoms with van der Waals surface area (Å²) < 4.78 is 17.3. The van der Waals surface area contributed by atoms with E-state index < -0.39 is 5.91 Å². The molecule has 164 valence electrons. The van der Waals surface area contributed by atoms with Gasteiger partial charge in [-0.2, -0.15) is 9.78 Å². The Morgan fingerprint density at radius 2 is 1.91 bits per heavy atom. The topological polar surface area (TPSA) is 124 Å². The third kappa shape index (κ3) is 4.24. The van der Waals surface area contributed by atoms with Gasteiger partial charge in [-0.1, -0.05) is 6.92 Å². The second kappa shape index (κ2) is 8.80. The lowest BCUT2D eigenvalue weighted by atomic mass is 10.2. The molecule has 32 heavy (non-hydrogen) atoms. The van der Waals surface area contributed by atoms with E-state index >= 15 is 0 Å². The van der Waals surface area contributed by atoms with Crippen molar-refractivity contribution < 1.29 is 18.7 Å². The van der Waals surface area contributed by atoms with Gasteiger partial charge in [0.05, 0.1) is 20.5 Å². The Balaban J connectivity index is 1.77. The number of benzene rings is 1. The number of carbonyl (C=O) groups excluding carboxylic acids is 1. The van der Waals surface area contributed by atoms with Crippen LogP contribution in [-0.4, -0.2) is 39.9 Å². The molecule has 0 atom stereocenters. The molecule has 10 heteroatoms. The first-order chi connectivity index (χ1) is 15.5. The van der Waals surface area contributed by atoms with Crippen LogP contribution in [0, 0.1) is 0 Å². The summed E-state index contributed by atoms with van der Waals surface area (Å²) in [6.07, 6.45) is 2.08. The van der Waals surface area contributed by atoms with Crippen molar-refractivity contribution in [1.29, 1.82) is 0 Å². The SMILES string of the molecule is CCc1cc(=O)[nH]c(-n2nc(-c3ccco3)cc2NC(=O)c2cc(OC)cc(OC)c2)n1. The average molecular weight is 435 g/mol. The highest BCUT2D eigenvalue weighted by Crippen LogP contribution is 2.26. The quantitative estimate of drug-likeness (QED) is 0.457. The van der Waals surface area contributed by atoms with E-state index in [9.17, 15) is 9.59 Å². The highest BCUT2D eigenvalue weighted by Gasteiger charge is 2.19. The molecule has 3 aromatic heterocycles. The van der Waals surface area contributed by atoms with E-state index in [1.807, 2.05) is 6.92 Å². The maximum atomic E-state index is 13.0. The molecular formula is C22H21N5O5. The number of aryl methyl sites for hydroxylation is 1. The molecule has 0 spiro atoms. The molecular weight excluding hydrogens is 414 g/mol. The zero-order valence-corrected chi connectivity index (χ0v) is 17.7. The first kappa shape index (κ1) is 20.9. The highest BCUT2D eigenvalue weighted by atomic mass is 16.5. The fourth-order valence-corrected chi connectivity index (χ4v) is 3.08. The third-order valence-electron chi connectivity index (χ3n) is 4.68. The summed E-state index contributed by atoms with van der Waals surface area (Å²) in [5.74, 6) is 1.48. The second-order valence-electron chi connectivity index (χ2n) is 6.77. The van der Waals surface area contributed by atoms with Gasteiger partial charge < -0.3 is 19.2 Å². The Bertz CT molecular complexity index is 1280. The van der Waals surface area contributed by atoms with E-state index in [-0.39, 0.29) is 11.5 Å². The minimum absolute atomic E-state index is 0.172. The monoisotopic (exact) mass is 435 g/mol. The van der Waals surface area contributed by atoms with Gasteiger partial charge in [0.15, 0.2) is 5.76 Å². The fraction of sp³-hybridized carbons (Fsp3) is 0.182. The van der Waals surface area contributed by atoms with Gasteiger partial charge in [0.2, 0.25) is 5.95 Å². The van der Waals surface area contributed by atoms with Gasteiger partial charge in [0.1, 0.15) is 23.0 Å². The molecule has 0 saturated carbocycles. The van der Waals surface area contributed by atoms with Gasteiger partial charge in [0, 0.05) is 29.5 Å². The number of ether oxygens (including phenoxy) is 2. The molecule has 1 amide bonds. The average Bonchev–Trinajstić information content (AvgIpc) is 3.48. The number of methoxy groups -OCH3 is 2. The molecule has 0 aliphatic heterocycles. The summed E-state index contributed by atoms with van der Waals surface area (Å²) in [6, 6.07) is 11.4. The second-order valence-corrected chi connectivity index (χ2v) is 6.77. The van der Waals surface area contributed by atoms with Crippen molar-refractivity contribution in [3.8, 4) is 28.9 Å². The molecule has 3 heterocycles. The first-order valence-corrected chi connectivity index (χ1v) is 9.79. The van der Waals surface area contributed by atoms with Gasteiger partial charge in [-0.05, 0) is 30.7 Å². The number of hydrogen-bond acceptors (Lipinski definition) is 7. The maximum absolute atomic E-state index is 13.0. The van der Waals surface area contributed by atoms with Crippen LogP contribution in [-0.2, 0) is 6.42 Å². The van der Waals surface area contributed by atoms with Crippen LogP contribution in [0.2, 0.25) is 0 Å². The summed E-state index contributed by atoms with van der Waals surface area (Å²) in [6.45, 7) is 1.89. The Morgan fingerprint density at radius 3 is 2.53 bits per heavy atom. The van der Waals surface area contributed by atoms with Crippen LogP contribution in [0.5, 0.6) is 11.5 Å². The predicted octanol–water partition coefficient (Wildman–Crippen LogP) is 3.05. The largest absolute Gasteiger partial charge is 0.497 e. The Morgan fingerprint density at radius 1 is 1.16 bits per heavy atom. The standard InChI is InChI=1S/C22H21N5O5/c1-4-14-10-20(28)25-22(23-14)27-19(12-17(26-27)18-6-5-7-32-18)24-21(29)13-8-15(30-2)11-16(9-13)31-3/h5-12H,4H2,1-3H3,(H,24,29)(H,23,25,28). The summed E-state index contributed by atoms with van der Waals surface area (Å²) >= 11 is 0. The minimum atomic E-state index is -0.427. The number of aromatic nitrogens is 4. The Hall–Kier alpha value is -4.34. The first-order valence-electron chi connectivity index (χ1n) is 9.79. The van der Waals surface area contributed by atoms with Crippen molar-refractivity contribution in [2.45, 2.75) is 13.3 Å². The third-order valence-corrected chi connectivity index (χ3v) is 4.68. The van der Waals surface area contributed by atoms with E-state index in [4.69, 9.17) is 13.9 Å². The molecule has 0 aliphatic rings. The van der Waals surface area contributed by atoms with Gasteiger partial charge in [-0.3, -0.25) is 14.6 Å². The van der Waals surface area contributed by atoms with Crippen molar-refractivity contribution >= 4 is 11.7 Å². The normalized spacial score (nSPS) is 10.7. The van der Waals surface area contributed by atoms with Gasteiger partial charge in [-0.15, -0.1) is 0 Å². The van der Waals surface area contributed by atoms with E-state index in [1.165, 1.54) is 31.2 Å². The van der Waals surface area contributed by atoms with Gasteiger partial charge >= 0.3 is 0 Å². The van der Waals surface area contributed by atoms with Crippen molar-refractivity contribution in [3.05, 3.63) is 70.3 Å². The van der Waals surface area contributed by atoms with Crippen LogP contribution >= 0.6 is 0 Å². The summed E-state index contributed by atoms with van der Waals surface area (Å²) in [4.78, 5) is 32.2. The Labute approximate surface area is 182 Å². The highest BCUT2D eigenvalue weighted by molar-refractivity contribution is 6.04. The maximum Gasteiger partial charge on any atom is 0.257 e. The molecule has 10 nitrogen and oxygen atoms in total.